The summed E-state index contributed by atoms with van der Waals surface area (Å²) in [5.74, 6) is 1.81. The maximum absolute atomic E-state index is 5.92. The molecule has 2 rings (SSSR count). The second-order valence-corrected chi connectivity index (χ2v) is 4.75. The van der Waals surface area contributed by atoms with Crippen molar-refractivity contribution in [1.29, 1.82) is 0 Å². The minimum atomic E-state index is 0.188. The molecule has 5 nitrogen and oxygen atoms in total. The molecule has 0 atom stereocenters. The molecule has 0 amide bonds. The summed E-state index contributed by atoms with van der Waals surface area (Å²) in [5.41, 5.74) is 15.1. The molecule has 0 saturated carbocycles. The molecule has 0 spiro atoms. The van der Waals surface area contributed by atoms with Gasteiger partial charge in [0, 0.05) is 23.6 Å². The molecule has 0 saturated heterocycles. The van der Waals surface area contributed by atoms with Crippen LogP contribution in [0.1, 0.15) is 22.4 Å². The minimum Gasteiger partial charge on any atom is -0.496 e. The number of methoxy groups -OCH3 is 1. The molecule has 0 unspecified atom stereocenters. The molecule has 0 aliphatic heterocycles. The quantitative estimate of drug-likeness (QED) is 0.844. The zero-order valence-corrected chi connectivity index (χ0v) is 12.2. The van der Waals surface area contributed by atoms with Crippen molar-refractivity contribution in [2.75, 3.05) is 18.6 Å². The van der Waals surface area contributed by atoms with Crippen LogP contribution in [0.5, 0.6) is 5.75 Å². The van der Waals surface area contributed by atoms with Crippen molar-refractivity contribution in [3.63, 3.8) is 0 Å². The first-order valence-electron chi connectivity index (χ1n) is 6.15. The Bertz CT molecular complexity index is 608. The Morgan fingerprint density at radius 3 is 2.60 bits per heavy atom. The van der Waals surface area contributed by atoms with E-state index < -0.39 is 0 Å². The van der Waals surface area contributed by atoms with Crippen molar-refractivity contribution in [3.05, 3.63) is 40.6 Å². The number of nitrogens with zero attached hydrogens (tertiary/aromatic N) is 2. The molecule has 2 aromatic rings. The standard InChI is InChI=1S/C14H17ClN4O/c1-8-11(13(16)19-14(17)18-8)6-10-4-3-9(7-15)5-12(10)20-2/h3-5H,6-7H2,1-2H3,(H4,16,17,18,19). The Balaban J connectivity index is 2.40. The van der Waals surface area contributed by atoms with Gasteiger partial charge in [-0.05, 0) is 24.1 Å². The number of hydrogen-bond acceptors (Lipinski definition) is 5. The zero-order chi connectivity index (χ0) is 14.7. The van der Waals surface area contributed by atoms with Crippen LogP contribution >= 0.6 is 11.6 Å². The first kappa shape index (κ1) is 14.4. The number of ether oxygens (including phenoxy) is 1. The first-order chi connectivity index (χ1) is 9.55. The molecule has 20 heavy (non-hydrogen) atoms. The Morgan fingerprint density at radius 2 is 2.00 bits per heavy atom. The molecular formula is C14H17ClN4O. The Hall–Kier alpha value is -2.01. The van der Waals surface area contributed by atoms with E-state index in [-0.39, 0.29) is 5.95 Å². The predicted molar refractivity (Wildman–Crippen MR) is 81.0 cm³/mol. The summed E-state index contributed by atoms with van der Waals surface area (Å²) in [6.07, 6.45) is 0.587. The zero-order valence-electron chi connectivity index (χ0n) is 11.5. The Morgan fingerprint density at radius 1 is 1.25 bits per heavy atom. The smallest absolute Gasteiger partial charge is 0.222 e. The third-order valence-electron chi connectivity index (χ3n) is 3.14. The average Bonchev–Trinajstić information content (AvgIpc) is 2.42. The number of alkyl halides is 1. The van der Waals surface area contributed by atoms with Gasteiger partial charge >= 0.3 is 0 Å². The highest BCUT2D eigenvalue weighted by atomic mass is 35.5. The number of halogens is 1. The fourth-order valence-electron chi connectivity index (χ4n) is 2.07. The van der Waals surface area contributed by atoms with E-state index in [0.717, 1.165) is 28.1 Å². The summed E-state index contributed by atoms with van der Waals surface area (Å²) in [7, 11) is 1.63. The normalized spacial score (nSPS) is 10.6. The molecule has 0 radical (unpaired) electrons. The lowest BCUT2D eigenvalue weighted by Crippen LogP contribution is -2.08. The Kier molecular flexibility index (Phi) is 4.29. The number of nitrogens with two attached hydrogens (primary N) is 2. The second kappa shape index (κ2) is 5.96. The molecule has 4 N–H and O–H groups in total. The first-order valence-corrected chi connectivity index (χ1v) is 6.68. The number of hydrogen-bond donors (Lipinski definition) is 2. The molecule has 1 heterocycles. The van der Waals surface area contributed by atoms with E-state index in [0.29, 0.717) is 18.1 Å². The topological polar surface area (TPSA) is 87.0 Å². The monoisotopic (exact) mass is 292 g/mol. The van der Waals surface area contributed by atoms with Crippen molar-refractivity contribution < 1.29 is 4.74 Å². The van der Waals surface area contributed by atoms with E-state index in [9.17, 15) is 0 Å². The molecule has 0 aliphatic carbocycles. The van der Waals surface area contributed by atoms with Crippen LogP contribution in [0.2, 0.25) is 0 Å². The van der Waals surface area contributed by atoms with Crippen molar-refractivity contribution >= 4 is 23.4 Å². The maximum Gasteiger partial charge on any atom is 0.222 e. The summed E-state index contributed by atoms with van der Waals surface area (Å²) in [5, 5.41) is 0. The number of aryl methyl sites for hydroxylation is 1. The highest BCUT2D eigenvalue weighted by Gasteiger charge is 2.12. The molecule has 0 aliphatic rings. The van der Waals surface area contributed by atoms with Crippen LogP contribution in [0, 0.1) is 6.92 Å². The van der Waals surface area contributed by atoms with E-state index in [1.165, 1.54) is 0 Å². The molecule has 1 aromatic heterocycles. The van der Waals surface area contributed by atoms with Crippen molar-refractivity contribution in [1.82, 2.24) is 9.97 Å². The highest BCUT2D eigenvalue weighted by Crippen LogP contribution is 2.26. The van der Waals surface area contributed by atoms with E-state index >= 15 is 0 Å². The highest BCUT2D eigenvalue weighted by molar-refractivity contribution is 6.17. The minimum absolute atomic E-state index is 0.188. The fourth-order valence-corrected chi connectivity index (χ4v) is 2.23. The lowest BCUT2D eigenvalue weighted by atomic mass is 10.0. The molecule has 0 fully saturated rings. The molecule has 0 bridgehead atoms. The van der Waals surface area contributed by atoms with E-state index in [4.69, 9.17) is 27.8 Å². The summed E-state index contributed by atoms with van der Waals surface area (Å²) in [4.78, 5) is 8.15. The lowest BCUT2D eigenvalue weighted by molar-refractivity contribution is 0.410. The van der Waals surface area contributed by atoms with Crippen LogP contribution in [-0.2, 0) is 12.3 Å². The molecular weight excluding hydrogens is 276 g/mol. The van der Waals surface area contributed by atoms with Gasteiger partial charge in [-0.15, -0.1) is 11.6 Å². The SMILES string of the molecule is COc1cc(CCl)ccc1Cc1c(C)nc(N)nc1N. The van der Waals surface area contributed by atoms with Crippen molar-refractivity contribution in [2.24, 2.45) is 0 Å². The van der Waals surface area contributed by atoms with E-state index in [1.807, 2.05) is 25.1 Å². The van der Waals surface area contributed by atoms with Crippen molar-refractivity contribution in [2.45, 2.75) is 19.2 Å². The molecule has 1 aromatic carbocycles. The third kappa shape index (κ3) is 2.93. The summed E-state index contributed by atoms with van der Waals surface area (Å²) < 4.78 is 5.40. The van der Waals surface area contributed by atoms with Gasteiger partial charge in [0.05, 0.1) is 7.11 Å². The number of rotatable bonds is 4. The maximum atomic E-state index is 5.92. The van der Waals surface area contributed by atoms with Crippen LogP contribution in [0.4, 0.5) is 11.8 Å². The van der Waals surface area contributed by atoms with Gasteiger partial charge in [0.25, 0.3) is 0 Å². The largest absolute Gasteiger partial charge is 0.496 e. The third-order valence-corrected chi connectivity index (χ3v) is 3.44. The lowest BCUT2D eigenvalue weighted by Gasteiger charge is -2.13. The fraction of sp³-hybridized carbons (Fsp3) is 0.286. The number of benzene rings is 1. The number of anilines is 2. The van der Waals surface area contributed by atoms with Gasteiger partial charge in [-0.2, -0.15) is 4.98 Å². The second-order valence-electron chi connectivity index (χ2n) is 4.49. The van der Waals surface area contributed by atoms with Crippen LogP contribution < -0.4 is 16.2 Å². The van der Waals surface area contributed by atoms with Gasteiger partial charge < -0.3 is 16.2 Å². The van der Waals surface area contributed by atoms with Gasteiger partial charge in [0.1, 0.15) is 11.6 Å². The average molecular weight is 293 g/mol. The predicted octanol–water partition coefficient (Wildman–Crippen LogP) is 2.29. The summed E-state index contributed by atoms with van der Waals surface area (Å²) in [6.45, 7) is 1.86. The number of nitrogen functional groups attached to an aromatic ring is 2. The van der Waals surface area contributed by atoms with Gasteiger partial charge in [0.15, 0.2) is 0 Å². The summed E-state index contributed by atoms with van der Waals surface area (Å²) >= 11 is 5.83. The van der Waals surface area contributed by atoms with Crippen LogP contribution in [0.3, 0.4) is 0 Å². The Labute approximate surface area is 122 Å². The number of aromatic nitrogens is 2. The van der Waals surface area contributed by atoms with Crippen LogP contribution in [0.15, 0.2) is 18.2 Å². The van der Waals surface area contributed by atoms with Gasteiger partial charge in [0.2, 0.25) is 5.95 Å². The van der Waals surface area contributed by atoms with Gasteiger partial charge in [-0.25, -0.2) is 4.98 Å². The van der Waals surface area contributed by atoms with Gasteiger partial charge in [-0.3, -0.25) is 0 Å². The molecule has 6 heteroatoms. The van der Waals surface area contributed by atoms with Gasteiger partial charge in [-0.1, -0.05) is 12.1 Å². The van der Waals surface area contributed by atoms with Crippen LogP contribution in [-0.4, -0.2) is 17.1 Å². The van der Waals surface area contributed by atoms with Crippen LogP contribution in [0.25, 0.3) is 0 Å². The summed E-state index contributed by atoms with van der Waals surface area (Å²) in [6, 6.07) is 5.87. The molecule has 106 valence electrons. The van der Waals surface area contributed by atoms with E-state index in [1.54, 1.807) is 7.11 Å². The van der Waals surface area contributed by atoms with Crippen molar-refractivity contribution in [3.8, 4) is 5.75 Å². The van der Waals surface area contributed by atoms with E-state index in [2.05, 4.69) is 9.97 Å².